The molecule has 8 heteroatoms. The highest BCUT2D eigenvalue weighted by molar-refractivity contribution is 6.32. The van der Waals surface area contributed by atoms with E-state index in [9.17, 15) is 23.1 Å². The second kappa shape index (κ2) is 6.44. The van der Waals surface area contributed by atoms with Crippen molar-refractivity contribution in [3.63, 3.8) is 0 Å². The van der Waals surface area contributed by atoms with Crippen molar-refractivity contribution in [3.8, 4) is 5.75 Å². The molecule has 0 bridgehead atoms. The van der Waals surface area contributed by atoms with E-state index in [1.807, 2.05) is 0 Å². The van der Waals surface area contributed by atoms with Gasteiger partial charge in [0.05, 0.1) is 12.1 Å². The number of carbonyl (C=O) groups is 1. The van der Waals surface area contributed by atoms with Gasteiger partial charge in [0.1, 0.15) is 5.75 Å². The summed E-state index contributed by atoms with van der Waals surface area (Å²) in [6.45, 7) is 0.970. The quantitative estimate of drug-likeness (QED) is 0.786. The van der Waals surface area contributed by atoms with Crippen molar-refractivity contribution in [1.82, 2.24) is 0 Å². The van der Waals surface area contributed by atoms with Gasteiger partial charge in [-0.15, -0.1) is 0 Å². The summed E-state index contributed by atoms with van der Waals surface area (Å²) in [6.07, 6.45) is -4.95. The normalized spacial score (nSPS) is 18.8. The molecule has 0 spiro atoms. The van der Waals surface area contributed by atoms with Gasteiger partial charge in [0.2, 0.25) is 0 Å². The molecule has 1 unspecified atom stereocenters. The third-order valence-corrected chi connectivity index (χ3v) is 4.68. The first-order chi connectivity index (χ1) is 11.1. The van der Waals surface area contributed by atoms with E-state index >= 15 is 0 Å². The van der Waals surface area contributed by atoms with Crippen LogP contribution in [0.2, 0.25) is 5.02 Å². The Morgan fingerprint density at radius 3 is 2.42 bits per heavy atom. The Morgan fingerprint density at radius 1 is 1.38 bits per heavy atom. The fourth-order valence-corrected chi connectivity index (χ4v) is 3.29. The predicted molar refractivity (Wildman–Crippen MR) is 81.6 cm³/mol. The lowest BCUT2D eigenvalue weighted by atomic mass is 9.82. The number of halogens is 4. The molecular weight excluding hydrogens is 349 g/mol. The van der Waals surface area contributed by atoms with E-state index in [2.05, 4.69) is 0 Å². The van der Waals surface area contributed by atoms with Crippen LogP contribution in [0.15, 0.2) is 18.2 Å². The minimum Gasteiger partial charge on any atom is -0.495 e. The summed E-state index contributed by atoms with van der Waals surface area (Å²) >= 11 is 6.05. The van der Waals surface area contributed by atoms with Gasteiger partial charge < -0.3 is 14.6 Å². The smallest absolute Gasteiger partial charge is 0.428 e. The molecule has 1 aromatic carbocycles. The van der Waals surface area contributed by atoms with Crippen LogP contribution in [0.1, 0.15) is 31.7 Å². The predicted octanol–water partition coefficient (Wildman–Crippen LogP) is 4.19. The molecule has 1 aromatic rings. The molecule has 1 fully saturated rings. The lowest BCUT2D eigenvalue weighted by Gasteiger charge is -2.35. The minimum absolute atomic E-state index is 0.269. The van der Waals surface area contributed by atoms with Gasteiger partial charge in [0.15, 0.2) is 0 Å². The van der Waals surface area contributed by atoms with Crippen LogP contribution in [0.4, 0.5) is 13.2 Å². The summed E-state index contributed by atoms with van der Waals surface area (Å²) in [6, 6.07) is 4.79. The molecular formula is C16H18ClF3O4. The number of benzene rings is 1. The zero-order chi connectivity index (χ0) is 18.2. The highest BCUT2D eigenvalue weighted by atomic mass is 35.5. The second-order valence-electron chi connectivity index (χ2n) is 5.84. The van der Waals surface area contributed by atoms with Crippen LogP contribution in [0.5, 0.6) is 5.75 Å². The number of carboxylic acids is 1. The Morgan fingerprint density at radius 2 is 2.00 bits per heavy atom. The van der Waals surface area contributed by atoms with Gasteiger partial charge in [-0.1, -0.05) is 23.7 Å². The number of methoxy groups -OCH3 is 1. The van der Waals surface area contributed by atoms with Gasteiger partial charge >= 0.3 is 12.1 Å². The number of ether oxygens (including phenoxy) is 2. The minimum atomic E-state index is -5.05. The van der Waals surface area contributed by atoms with Crippen LogP contribution in [0.3, 0.4) is 0 Å². The second-order valence-corrected chi connectivity index (χ2v) is 6.25. The van der Waals surface area contributed by atoms with E-state index < -0.39 is 29.6 Å². The molecule has 0 aliphatic heterocycles. The molecule has 1 aliphatic rings. The monoisotopic (exact) mass is 366 g/mol. The lowest BCUT2D eigenvalue weighted by molar-refractivity contribution is -0.278. The molecule has 1 atom stereocenters. The molecule has 0 heterocycles. The molecule has 0 radical (unpaired) electrons. The largest absolute Gasteiger partial charge is 0.495 e. The van der Waals surface area contributed by atoms with Crippen LogP contribution in [0.25, 0.3) is 0 Å². The number of aliphatic carboxylic acids is 1. The highest BCUT2D eigenvalue weighted by Gasteiger charge is 2.67. The number of alkyl halides is 3. The molecule has 1 aliphatic carbocycles. The van der Waals surface area contributed by atoms with Crippen LogP contribution in [-0.2, 0) is 14.9 Å². The third kappa shape index (κ3) is 3.07. The third-order valence-electron chi connectivity index (χ3n) is 4.38. The van der Waals surface area contributed by atoms with Gasteiger partial charge in [-0.05, 0) is 25.8 Å². The zero-order valence-electron chi connectivity index (χ0n) is 13.2. The maximum Gasteiger partial charge on any atom is 0.428 e. The van der Waals surface area contributed by atoms with Gasteiger partial charge in [-0.2, -0.15) is 13.2 Å². The van der Waals surface area contributed by atoms with Crippen molar-refractivity contribution in [2.75, 3.05) is 13.7 Å². The SMILES string of the molecule is CCOC(CC1(c2cccc(Cl)c2OC)CC1)(C(=O)O)C(F)(F)F. The summed E-state index contributed by atoms with van der Waals surface area (Å²) in [5.41, 5.74) is -3.77. The van der Waals surface area contributed by atoms with Crippen molar-refractivity contribution in [2.45, 2.75) is 43.4 Å². The summed E-state index contributed by atoms with van der Waals surface area (Å²) < 4.78 is 50.7. The molecule has 1 N–H and O–H groups in total. The number of carboxylic acid groups (broad SMARTS) is 1. The van der Waals surface area contributed by atoms with Crippen LogP contribution >= 0.6 is 11.6 Å². The molecule has 0 saturated heterocycles. The van der Waals surface area contributed by atoms with E-state index in [1.54, 1.807) is 18.2 Å². The number of hydrogen-bond acceptors (Lipinski definition) is 3. The molecule has 2 rings (SSSR count). The summed E-state index contributed by atoms with van der Waals surface area (Å²) in [4.78, 5) is 11.5. The maximum absolute atomic E-state index is 13.6. The Balaban J connectivity index is 2.50. The van der Waals surface area contributed by atoms with Gasteiger partial charge in [0.25, 0.3) is 5.60 Å². The first-order valence-electron chi connectivity index (χ1n) is 7.40. The Labute approximate surface area is 142 Å². The molecule has 1 saturated carbocycles. The van der Waals surface area contributed by atoms with Crippen molar-refractivity contribution >= 4 is 17.6 Å². The highest BCUT2D eigenvalue weighted by Crippen LogP contribution is 2.59. The molecule has 0 aromatic heterocycles. The average molecular weight is 367 g/mol. The fourth-order valence-electron chi connectivity index (χ4n) is 3.04. The zero-order valence-corrected chi connectivity index (χ0v) is 14.0. The standard InChI is InChI=1S/C16H18ClF3O4/c1-3-24-15(13(21)22,16(18,19)20)9-14(7-8-14)10-5-4-6-11(17)12(10)23-2/h4-6H,3,7-9H2,1-2H3,(H,21,22). The van der Waals surface area contributed by atoms with Gasteiger partial charge in [-0.3, -0.25) is 0 Å². The van der Waals surface area contributed by atoms with Crippen molar-refractivity contribution in [3.05, 3.63) is 28.8 Å². The van der Waals surface area contributed by atoms with E-state index in [4.69, 9.17) is 21.1 Å². The molecule has 4 nitrogen and oxygen atoms in total. The van der Waals surface area contributed by atoms with Crippen molar-refractivity contribution in [2.24, 2.45) is 0 Å². The first-order valence-corrected chi connectivity index (χ1v) is 7.78. The Bertz CT molecular complexity index is 628. The van der Waals surface area contributed by atoms with E-state index in [0.29, 0.717) is 18.4 Å². The topological polar surface area (TPSA) is 55.8 Å². The van der Waals surface area contributed by atoms with Crippen molar-refractivity contribution < 1.29 is 32.5 Å². The van der Waals surface area contributed by atoms with Crippen LogP contribution in [0, 0.1) is 0 Å². The average Bonchev–Trinajstić information content (AvgIpc) is 3.25. The molecule has 134 valence electrons. The Kier molecular flexibility index (Phi) is 5.06. The summed E-state index contributed by atoms with van der Waals surface area (Å²) in [5, 5.41) is 9.58. The summed E-state index contributed by atoms with van der Waals surface area (Å²) in [5.74, 6) is -1.77. The van der Waals surface area contributed by atoms with E-state index in [1.165, 1.54) is 14.0 Å². The van der Waals surface area contributed by atoms with Gasteiger partial charge in [-0.25, -0.2) is 4.79 Å². The Hall–Kier alpha value is -1.47. The number of hydrogen-bond donors (Lipinski definition) is 1. The number of para-hydroxylation sites is 1. The van der Waals surface area contributed by atoms with Crippen LogP contribution in [-0.4, -0.2) is 36.6 Å². The maximum atomic E-state index is 13.6. The summed E-state index contributed by atoms with van der Waals surface area (Å²) in [7, 11) is 1.37. The first kappa shape index (κ1) is 18.9. The van der Waals surface area contributed by atoms with E-state index in [0.717, 1.165) is 0 Å². The lowest BCUT2D eigenvalue weighted by Crippen LogP contribution is -2.56. The van der Waals surface area contributed by atoms with E-state index in [-0.39, 0.29) is 17.4 Å². The van der Waals surface area contributed by atoms with Crippen molar-refractivity contribution in [1.29, 1.82) is 0 Å². The molecule has 0 amide bonds. The van der Waals surface area contributed by atoms with Gasteiger partial charge in [0, 0.05) is 24.0 Å². The number of rotatable bonds is 7. The fraction of sp³-hybridized carbons (Fsp3) is 0.562. The van der Waals surface area contributed by atoms with Crippen LogP contribution < -0.4 is 4.74 Å². The molecule has 24 heavy (non-hydrogen) atoms.